The van der Waals surface area contributed by atoms with Gasteiger partial charge < -0.3 is 20.1 Å². The molecular weight excluding hydrogens is 432 g/mol. The Bertz CT molecular complexity index is 1030. The number of nitrogens with one attached hydrogen (secondary N) is 1. The van der Waals surface area contributed by atoms with E-state index in [0.717, 1.165) is 11.1 Å². The highest BCUT2D eigenvalue weighted by atomic mass is 16.5. The van der Waals surface area contributed by atoms with Crippen molar-refractivity contribution in [3.63, 3.8) is 0 Å². The average molecular weight is 465 g/mol. The van der Waals surface area contributed by atoms with E-state index in [0.29, 0.717) is 38.8 Å². The maximum atomic E-state index is 12.5. The maximum absolute atomic E-state index is 12.5. The molecule has 1 aliphatic heterocycles. The number of hydrogen-bond acceptors (Lipinski definition) is 4. The number of fused-ring (bicyclic) bond motifs is 3. The number of hydrogen-bond donors (Lipinski definition) is 2. The summed E-state index contributed by atoms with van der Waals surface area (Å²) in [6, 6.07) is 16.2. The van der Waals surface area contributed by atoms with Crippen molar-refractivity contribution >= 4 is 18.0 Å². The zero-order valence-corrected chi connectivity index (χ0v) is 19.8. The summed E-state index contributed by atoms with van der Waals surface area (Å²) in [4.78, 5) is 38.1. The van der Waals surface area contributed by atoms with Gasteiger partial charge in [-0.15, -0.1) is 0 Å². The van der Waals surface area contributed by atoms with Crippen LogP contribution in [0.4, 0.5) is 4.79 Å². The van der Waals surface area contributed by atoms with E-state index in [4.69, 9.17) is 4.74 Å². The Labute approximate surface area is 200 Å². The molecule has 1 saturated heterocycles. The lowest BCUT2D eigenvalue weighted by molar-refractivity contribution is -0.153. The van der Waals surface area contributed by atoms with Gasteiger partial charge in [0.05, 0.1) is 5.41 Å². The standard InChI is InChI=1S/C27H32N2O5/c1-18(11-12-24(30)29-15-13-27(2,14-16-29)25(31)32)28-26(33)34-17-23-21-9-5-3-7-19(21)20-8-4-6-10-22(20)23/h3-10,18,23H,11-17H2,1-2H3,(H,28,33)(H,31,32). The molecule has 4 rings (SSSR count). The number of amides is 2. The van der Waals surface area contributed by atoms with Crippen LogP contribution < -0.4 is 5.32 Å². The van der Waals surface area contributed by atoms with Gasteiger partial charge in [0.2, 0.25) is 5.91 Å². The fraction of sp³-hybridized carbons (Fsp3) is 0.444. The first-order chi connectivity index (χ1) is 16.3. The highest BCUT2D eigenvalue weighted by Crippen LogP contribution is 2.44. The highest BCUT2D eigenvalue weighted by molar-refractivity contribution is 5.79. The number of piperidine rings is 1. The second kappa shape index (κ2) is 9.87. The molecule has 0 saturated carbocycles. The quantitative estimate of drug-likeness (QED) is 0.633. The van der Waals surface area contributed by atoms with Crippen LogP contribution in [0.3, 0.4) is 0 Å². The van der Waals surface area contributed by atoms with Gasteiger partial charge in [-0.05, 0) is 55.4 Å². The molecule has 2 aliphatic rings. The number of likely N-dealkylation sites (tertiary alicyclic amines) is 1. The van der Waals surface area contributed by atoms with Crippen molar-refractivity contribution in [3.05, 3.63) is 59.7 Å². The lowest BCUT2D eigenvalue weighted by atomic mass is 9.80. The Morgan fingerprint density at radius 3 is 2.18 bits per heavy atom. The molecule has 0 spiro atoms. The Balaban J connectivity index is 1.23. The third-order valence-corrected chi connectivity index (χ3v) is 7.24. The first-order valence-electron chi connectivity index (χ1n) is 11.9. The lowest BCUT2D eigenvalue weighted by Gasteiger charge is -2.36. The van der Waals surface area contributed by atoms with E-state index in [9.17, 15) is 19.5 Å². The van der Waals surface area contributed by atoms with Crippen LogP contribution in [0.5, 0.6) is 0 Å². The molecule has 7 heteroatoms. The van der Waals surface area contributed by atoms with Crippen molar-refractivity contribution < 1.29 is 24.2 Å². The number of rotatable bonds is 7. The van der Waals surface area contributed by atoms with Crippen molar-refractivity contribution in [2.45, 2.75) is 51.5 Å². The molecule has 2 N–H and O–H groups in total. The largest absolute Gasteiger partial charge is 0.481 e. The summed E-state index contributed by atoms with van der Waals surface area (Å²) in [6.07, 6.45) is 1.23. The smallest absolute Gasteiger partial charge is 0.407 e. The van der Waals surface area contributed by atoms with Crippen molar-refractivity contribution in [3.8, 4) is 11.1 Å². The van der Waals surface area contributed by atoms with E-state index in [1.807, 2.05) is 31.2 Å². The molecule has 2 aromatic carbocycles. The molecule has 0 radical (unpaired) electrons. The van der Waals surface area contributed by atoms with Gasteiger partial charge in [-0.3, -0.25) is 9.59 Å². The van der Waals surface area contributed by atoms with Crippen molar-refractivity contribution in [2.24, 2.45) is 5.41 Å². The predicted octanol–water partition coefficient (Wildman–Crippen LogP) is 4.41. The topological polar surface area (TPSA) is 95.9 Å². The number of benzene rings is 2. The average Bonchev–Trinajstić information content (AvgIpc) is 3.15. The van der Waals surface area contributed by atoms with Crippen LogP contribution >= 0.6 is 0 Å². The molecule has 7 nitrogen and oxygen atoms in total. The van der Waals surface area contributed by atoms with Crippen LogP contribution in [0.25, 0.3) is 11.1 Å². The number of carboxylic acid groups (broad SMARTS) is 1. The second-order valence-electron chi connectivity index (χ2n) is 9.66. The summed E-state index contributed by atoms with van der Waals surface area (Å²) in [5.41, 5.74) is 3.93. The first kappa shape index (κ1) is 23.8. The van der Waals surface area contributed by atoms with Gasteiger partial charge in [-0.25, -0.2) is 4.79 Å². The number of carbonyl (C=O) groups is 3. The van der Waals surface area contributed by atoms with Gasteiger partial charge in [-0.2, -0.15) is 0 Å². The summed E-state index contributed by atoms with van der Waals surface area (Å²) in [5, 5.41) is 12.2. The number of aliphatic carboxylic acids is 1. The molecule has 1 atom stereocenters. The number of nitrogens with zero attached hydrogens (tertiary/aromatic N) is 1. The molecule has 2 aromatic rings. The van der Waals surface area contributed by atoms with E-state index >= 15 is 0 Å². The Hall–Kier alpha value is -3.35. The van der Waals surface area contributed by atoms with Gasteiger partial charge >= 0.3 is 12.1 Å². The summed E-state index contributed by atoms with van der Waals surface area (Å²) in [7, 11) is 0. The van der Waals surface area contributed by atoms with Gasteiger partial charge in [-0.1, -0.05) is 48.5 Å². The molecule has 2 amide bonds. The minimum absolute atomic E-state index is 0.00521. The van der Waals surface area contributed by atoms with Gasteiger partial charge in [0.1, 0.15) is 6.61 Å². The fourth-order valence-corrected chi connectivity index (χ4v) is 4.88. The second-order valence-corrected chi connectivity index (χ2v) is 9.66. The molecule has 1 aliphatic carbocycles. The van der Waals surface area contributed by atoms with E-state index < -0.39 is 17.5 Å². The third-order valence-electron chi connectivity index (χ3n) is 7.24. The van der Waals surface area contributed by atoms with Gasteiger partial charge in [0.15, 0.2) is 0 Å². The summed E-state index contributed by atoms with van der Waals surface area (Å²) in [5.74, 6) is -0.806. The molecule has 1 unspecified atom stereocenters. The Morgan fingerprint density at radius 2 is 1.62 bits per heavy atom. The first-order valence-corrected chi connectivity index (χ1v) is 11.9. The van der Waals surface area contributed by atoms with Gasteiger partial charge in [0, 0.05) is 31.5 Å². The van der Waals surface area contributed by atoms with Crippen LogP contribution in [0, 0.1) is 5.41 Å². The summed E-state index contributed by atoms with van der Waals surface area (Å²) in [6.45, 7) is 4.75. The summed E-state index contributed by atoms with van der Waals surface area (Å²) >= 11 is 0. The number of ether oxygens (including phenoxy) is 1. The Morgan fingerprint density at radius 1 is 1.06 bits per heavy atom. The van der Waals surface area contributed by atoms with Crippen LogP contribution in [0.15, 0.2) is 48.5 Å². The molecule has 0 aromatic heterocycles. The van der Waals surface area contributed by atoms with Crippen molar-refractivity contribution in [1.82, 2.24) is 10.2 Å². The van der Waals surface area contributed by atoms with Crippen LogP contribution in [0.1, 0.15) is 56.6 Å². The number of carbonyl (C=O) groups excluding carboxylic acids is 2. The van der Waals surface area contributed by atoms with E-state index in [1.54, 1.807) is 11.8 Å². The molecule has 1 heterocycles. The number of carboxylic acids is 1. The Kier molecular flexibility index (Phi) is 6.91. The van der Waals surface area contributed by atoms with Crippen molar-refractivity contribution in [2.75, 3.05) is 19.7 Å². The molecular formula is C27H32N2O5. The summed E-state index contributed by atoms with van der Waals surface area (Å²) < 4.78 is 5.58. The fourth-order valence-electron chi connectivity index (χ4n) is 4.88. The van der Waals surface area contributed by atoms with E-state index in [-0.39, 0.29) is 24.5 Å². The molecule has 180 valence electrons. The normalized spacial score (nSPS) is 17.4. The maximum Gasteiger partial charge on any atom is 0.407 e. The van der Waals surface area contributed by atoms with Crippen LogP contribution in [0.2, 0.25) is 0 Å². The van der Waals surface area contributed by atoms with Crippen molar-refractivity contribution in [1.29, 1.82) is 0 Å². The highest BCUT2D eigenvalue weighted by Gasteiger charge is 2.38. The number of alkyl carbamates (subject to hydrolysis) is 1. The van der Waals surface area contributed by atoms with Crippen LogP contribution in [-0.2, 0) is 14.3 Å². The van der Waals surface area contributed by atoms with Crippen LogP contribution in [-0.4, -0.2) is 53.7 Å². The minimum Gasteiger partial charge on any atom is -0.481 e. The molecule has 34 heavy (non-hydrogen) atoms. The zero-order valence-electron chi connectivity index (χ0n) is 19.8. The lowest BCUT2D eigenvalue weighted by Crippen LogP contribution is -2.45. The predicted molar refractivity (Wildman–Crippen MR) is 128 cm³/mol. The monoisotopic (exact) mass is 464 g/mol. The zero-order chi connectivity index (χ0) is 24.3. The molecule has 1 fully saturated rings. The van der Waals surface area contributed by atoms with E-state index in [2.05, 4.69) is 29.6 Å². The van der Waals surface area contributed by atoms with E-state index in [1.165, 1.54) is 11.1 Å². The molecule has 0 bridgehead atoms. The minimum atomic E-state index is -0.805. The third kappa shape index (κ3) is 4.93. The SMILES string of the molecule is CC(CCC(=O)N1CCC(C)(C(=O)O)CC1)NC(=O)OCC1c2ccccc2-c2ccccc21. The van der Waals surface area contributed by atoms with Gasteiger partial charge in [0.25, 0.3) is 0 Å².